The first-order valence-electron chi connectivity index (χ1n) is 5.88. The molecule has 3 N–H and O–H groups in total. The third-order valence-corrected chi connectivity index (χ3v) is 3.44. The predicted molar refractivity (Wildman–Crippen MR) is 67.4 cm³/mol. The molecule has 1 amide bonds. The molecule has 2 rings (SSSR count). The number of hydrogen-bond donors (Lipinski definition) is 2. The second-order valence-corrected chi connectivity index (χ2v) is 4.58. The fraction of sp³-hybridized carbons (Fsp3) is 0.462. The molecule has 0 aliphatic heterocycles. The molecule has 0 radical (unpaired) electrons. The third-order valence-electron chi connectivity index (χ3n) is 3.44. The van der Waals surface area contributed by atoms with Gasteiger partial charge in [-0.05, 0) is 24.6 Å². The quantitative estimate of drug-likeness (QED) is 0.812. The number of nitrogens with one attached hydrogen (secondary N) is 1. The number of hydrogen-bond acceptors (Lipinski definition) is 3. The van der Waals surface area contributed by atoms with Gasteiger partial charge in [0.25, 0.3) is 0 Å². The van der Waals surface area contributed by atoms with Crippen LogP contribution in [0.2, 0.25) is 0 Å². The molecule has 17 heavy (non-hydrogen) atoms. The van der Waals surface area contributed by atoms with Crippen molar-refractivity contribution in [3.63, 3.8) is 0 Å². The van der Waals surface area contributed by atoms with E-state index in [1.54, 1.807) is 7.05 Å². The topological polar surface area (TPSA) is 58.4 Å². The van der Waals surface area contributed by atoms with Crippen LogP contribution in [0.3, 0.4) is 0 Å². The smallest absolute Gasteiger partial charge is 0.233 e. The molecule has 4 nitrogen and oxygen atoms in total. The summed E-state index contributed by atoms with van der Waals surface area (Å²) >= 11 is 0. The lowest BCUT2D eigenvalue weighted by molar-refractivity contribution is -0.122. The van der Waals surface area contributed by atoms with Crippen LogP contribution in [0, 0.1) is 0 Å². The van der Waals surface area contributed by atoms with E-state index < -0.39 is 0 Å². The molecule has 0 saturated heterocycles. The van der Waals surface area contributed by atoms with E-state index in [4.69, 9.17) is 5.73 Å². The predicted octanol–water partition coefficient (Wildman–Crippen LogP) is 0.809. The molecule has 0 saturated carbocycles. The molecule has 1 aromatic rings. The fourth-order valence-corrected chi connectivity index (χ4v) is 2.48. The second kappa shape index (κ2) is 4.85. The third kappa shape index (κ3) is 2.33. The van der Waals surface area contributed by atoms with Gasteiger partial charge in [-0.1, -0.05) is 24.3 Å². The Labute approximate surface area is 102 Å². The lowest BCUT2D eigenvalue weighted by Crippen LogP contribution is -2.35. The normalized spacial score (nSPS) is 22.6. The van der Waals surface area contributed by atoms with Gasteiger partial charge in [-0.15, -0.1) is 0 Å². The van der Waals surface area contributed by atoms with Crippen LogP contribution in [0.4, 0.5) is 0 Å². The largest absolute Gasteiger partial charge is 0.358 e. The molecule has 0 fully saturated rings. The number of nitrogens with two attached hydrogens (primary N) is 1. The molecule has 1 aromatic carbocycles. The highest BCUT2D eigenvalue weighted by molar-refractivity contribution is 5.77. The van der Waals surface area contributed by atoms with Gasteiger partial charge in [-0.25, -0.2) is 0 Å². The maximum absolute atomic E-state index is 11.4. The molecule has 2 atom stereocenters. The van der Waals surface area contributed by atoms with Crippen LogP contribution in [0.15, 0.2) is 24.3 Å². The summed E-state index contributed by atoms with van der Waals surface area (Å²) in [4.78, 5) is 13.4. The Hall–Kier alpha value is -1.39. The van der Waals surface area contributed by atoms with Crippen LogP contribution >= 0.6 is 0 Å². The Bertz CT molecular complexity index is 419. The van der Waals surface area contributed by atoms with Crippen molar-refractivity contribution < 1.29 is 4.79 Å². The van der Waals surface area contributed by atoms with Gasteiger partial charge in [0.1, 0.15) is 0 Å². The van der Waals surface area contributed by atoms with E-state index in [1.165, 1.54) is 11.1 Å². The minimum atomic E-state index is 0.0328. The Morgan fingerprint density at radius 1 is 1.47 bits per heavy atom. The Balaban J connectivity index is 2.16. The summed E-state index contributed by atoms with van der Waals surface area (Å²) in [6.45, 7) is 0.405. The van der Waals surface area contributed by atoms with Crippen molar-refractivity contribution in [2.24, 2.45) is 5.73 Å². The Morgan fingerprint density at radius 3 is 2.76 bits per heavy atom. The standard InChI is InChI=1S/C13H19N3O/c1-15-13(17)8-16(2)12-7-11(14)9-5-3-4-6-10(9)12/h3-6,11-12H,7-8,14H2,1-2H3,(H,15,17). The van der Waals surface area contributed by atoms with Gasteiger partial charge in [-0.3, -0.25) is 9.69 Å². The van der Waals surface area contributed by atoms with Crippen LogP contribution in [-0.2, 0) is 4.79 Å². The van der Waals surface area contributed by atoms with Crippen LogP contribution in [0.1, 0.15) is 29.6 Å². The van der Waals surface area contributed by atoms with Crippen molar-refractivity contribution in [1.82, 2.24) is 10.2 Å². The van der Waals surface area contributed by atoms with Gasteiger partial charge in [-0.2, -0.15) is 0 Å². The van der Waals surface area contributed by atoms with Crippen LogP contribution in [0.5, 0.6) is 0 Å². The van der Waals surface area contributed by atoms with Gasteiger partial charge in [0.2, 0.25) is 5.91 Å². The van der Waals surface area contributed by atoms with E-state index in [2.05, 4.69) is 22.3 Å². The lowest BCUT2D eigenvalue weighted by Gasteiger charge is -2.24. The minimum Gasteiger partial charge on any atom is -0.358 e. The average molecular weight is 233 g/mol. The van der Waals surface area contributed by atoms with Gasteiger partial charge >= 0.3 is 0 Å². The Kier molecular flexibility index (Phi) is 3.45. The van der Waals surface area contributed by atoms with E-state index in [1.807, 2.05) is 19.2 Å². The zero-order chi connectivity index (χ0) is 12.4. The molecular formula is C13H19N3O. The van der Waals surface area contributed by atoms with Gasteiger partial charge in [0.05, 0.1) is 6.54 Å². The first-order chi connectivity index (χ1) is 8.13. The SMILES string of the molecule is CNC(=O)CN(C)C1CC(N)c2ccccc21. The summed E-state index contributed by atoms with van der Waals surface area (Å²) in [6.07, 6.45) is 0.882. The highest BCUT2D eigenvalue weighted by Crippen LogP contribution is 2.39. The molecule has 0 bridgehead atoms. The Morgan fingerprint density at radius 2 is 2.12 bits per heavy atom. The van der Waals surface area contributed by atoms with E-state index in [-0.39, 0.29) is 18.0 Å². The number of carbonyl (C=O) groups is 1. The number of carbonyl (C=O) groups excluding carboxylic acids is 1. The monoisotopic (exact) mass is 233 g/mol. The van der Waals surface area contributed by atoms with Gasteiger partial charge in [0.15, 0.2) is 0 Å². The second-order valence-electron chi connectivity index (χ2n) is 4.58. The van der Waals surface area contributed by atoms with E-state index in [0.29, 0.717) is 6.54 Å². The van der Waals surface area contributed by atoms with Crippen LogP contribution in [-0.4, -0.2) is 31.4 Å². The van der Waals surface area contributed by atoms with E-state index in [9.17, 15) is 4.79 Å². The minimum absolute atomic E-state index is 0.0328. The zero-order valence-corrected chi connectivity index (χ0v) is 10.3. The molecule has 4 heteroatoms. The van der Waals surface area contributed by atoms with Crippen molar-refractivity contribution in [2.45, 2.75) is 18.5 Å². The maximum atomic E-state index is 11.4. The number of amides is 1. The molecule has 0 heterocycles. The molecule has 1 aliphatic rings. The summed E-state index contributed by atoms with van der Waals surface area (Å²) in [6, 6.07) is 8.56. The van der Waals surface area contributed by atoms with Gasteiger partial charge < -0.3 is 11.1 Å². The number of rotatable bonds is 3. The number of likely N-dealkylation sites (N-methyl/N-ethyl adjacent to an activating group) is 2. The molecular weight excluding hydrogens is 214 g/mol. The van der Waals surface area contributed by atoms with Crippen molar-refractivity contribution in [2.75, 3.05) is 20.6 Å². The number of nitrogens with zero attached hydrogens (tertiary/aromatic N) is 1. The van der Waals surface area contributed by atoms with Crippen molar-refractivity contribution in [3.8, 4) is 0 Å². The number of fused-ring (bicyclic) bond motifs is 1. The first-order valence-corrected chi connectivity index (χ1v) is 5.88. The number of benzene rings is 1. The highest BCUT2D eigenvalue weighted by Gasteiger charge is 2.31. The summed E-state index contributed by atoms with van der Waals surface area (Å²) < 4.78 is 0. The zero-order valence-electron chi connectivity index (χ0n) is 10.3. The van der Waals surface area contributed by atoms with Crippen molar-refractivity contribution in [1.29, 1.82) is 0 Å². The lowest BCUT2D eigenvalue weighted by atomic mass is 10.1. The fourth-order valence-electron chi connectivity index (χ4n) is 2.48. The molecule has 0 spiro atoms. The molecule has 0 aromatic heterocycles. The molecule has 2 unspecified atom stereocenters. The van der Waals surface area contributed by atoms with Crippen LogP contribution < -0.4 is 11.1 Å². The van der Waals surface area contributed by atoms with E-state index >= 15 is 0 Å². The summed E-state index contributed by atoms with van der Waals surface area (Å²) in [5, 5.41) is 2.64. The first kappa shape index (κ1) is 12.1. The van der Waals surface area contributed by atoms with Crippen molar-refractivity contribution >= 4 is 5.91 Å². The summed E-state index contributed by atoms with van der Waals surface area (Å²) in [7, 11) is 3.62. The summed E-state index contributed by atoms with van der Waals surface area (Å²) in [5.41, 5.74) is 8.58. The molecule has 1 aliphatic carbocycles. The average Bonchev–Trinajstić information content (AvgIpc) is 2.67. The molecule has 92 valence electrons. The van der Waals surface area contributed by atoms with Gasteiger partial charge in [0, 0.05) is 19.1 Å². The maximum Gasteiger partial charge on any atom is 0.233 e. The van der Waals surface area contributed by atoms with Crippen molar-refractivity contribution in [3.05, 3.63) is 35.4 Å². The van der Waals surface area contributed by atoms with Crippen LogP contribution in [0.25, 0.3) is 0 Å². The highest BCUT2D eigenvalue weighted by atomic mass is 16.1. The summed E-state index contributed by atoms with van der Waals surface area (Å²) in [5.74, 6) is 0.0328. The van der Waals surface area contributed by atoms with E-state index in [0.717, 1.165) is 6.42 Å².